The van der Waals surface area contributed by atoms with Crippen LogP contribution in [0.2, 0.25) is 0 Å². The van der Waals surface area contributed by atoms with Crippen molar-refractivity contribution in [1.82, 2.24) is 4.90 Å². The van der Waals surface area contributed by atoms with Crippen LogP contribution in [0.4, 0.5) is 0 Å². The number of rotatable bonds is 5. The molecule has 0 saturated carbocycles. The smallest absolute Gasteiger partial charge is 0.320 e. The molecule has 0 spiro atoms. The van der Waals surface area contributed by atoms with Crippen molar-refractivity contribution in [2.24, 2.45) is 0 Å². The van der Waals surface area contributed by atoms with Crippen LogP contribution in [-0.4, -0.2) is 28.6 Å². The second-order valence-electron chi connectivity index (χ2n) is 6.29. The standard InChI is InChI=1S/C20H22BrNO2/c1-2-14-8-10-15(11-9-14)19(16-5-3-6-17(21)13-16)22-12-4-7-18(22)20(23)24/h3,5-6,8-11,13,18-19H,2,4,7,12H2,1H3,(H,23,24). The molecule has 1 heterocycles. The fourth-order valence-corrected chi connectivity index (χ4v) is 3.97. The van der Waals surface area contributed by atoms with Gasteiger partial charge in [0, 0.05) is 11.0 Å². The summed E-state index contributed by atoms with van der Waals surface area (Å²) >= 11 is 3.54. The van der Waals surface area contributed by atoms with Gasteiger partial charge in [-0.15, -0.1) is 0 Å². The van der Waals surface area contributed by atoms with Crippen molar-refractivity contribution in [3.05, 3.63) is 69.7 Å². The highest BCUT2D eigenvalue weighted by Crippen LogP contribution is 2.35. The zero-order valence-corrected chi connectivity index (χ0v) is 15.4. The van der Waals surface area contributed by atoms with Crippen LogP contribution in [0.5, 0.6) is 0 Å². The molecule has 2 atom stereocenters. The second-order valence-corrected chi connectivity index (χ2v) is 7.20. The van der Waals surface area contributed by atoms with E-state index < -0.39 is 12.0 Å². The van der Waals surface area contributed by atoms with E-state index in [9.17, 15) is 9.90 Å². The van der Waals surface area contributed by atoms with Gasteiger partial charge in [0.2, 0.25) is 0 Å². The minimum Gasteiger partial charge on any atom is -0.480 e. The van der Waals surface area contributed by atoms with Gasteiger partial charge in [0.15, 0.2) is 0 Å². The molecule has 2 unspecified atom stereocenters. The Labute approximate surface area is 151 Å². The predicted molar refractivity (Wildman–Crippen MR) is 99.2 cm³/mol. The average Bonchev–Trinajstić information content (AvgIpc) is 3.05. The molecule has 0 bridgehead atoms. The molecule has 1 N–H and O–H groups in total. The van der Waals surface area contributed by atoms with Crippen molar-refractivity contribution in [2.75, 3.05) is 6.54 Å². The summed E-state index contributed by atoms with van der Waals surface area (Å²) in [7, 11) is 0. The SMILES string of the molecule is CCc1ccc(C(c2cccc(Br)c2)N2CCCC2C(=O)O)cc1. The molecule has 0 aromatic heterocycles. The number of aliphatic carboxylic acids is 1. The van der Waals surface area contributed by atoms with E-state index in [1.54, 1.807) is 0 Å². The molecule has 0 aliphatic carbocycles. The first-order valence-corrected chi connectivity index (χ1v) is 9.22. The van der Waals surface area contributed by atoms with E-state index in [1.165, 1.54) is 5.56 Å². The number of aryl methyl sites for hydroxylation is 1. The van der Waals surface area contributed by atoms with Gasteiger partial charge >= 0.3 is 5.97 Å². The lowest BCUT2D eigenvalue weighted by Gasteiger charge is -2.32. The maximum Gasteiger partial charge on any atom is 0.320 e. The van der Waals surface area contributed by atoms with Crippen LogP contribution in [-0.2, 0) is 11.2 Å². The molecular weight excluding hydrogens is 366 g/mol. The topological polar surface area (TPSA) is 40.5 Å². The van der Waals surface area contributed by atoms with Gasteiger partial charge in [0.1, 0.15) is 6.04 Å². The lowest BCUT2D eigenvalue weighted by atomic mass is 9.95. The molecular formula is C20H22BrNO2. The fraction of sp³-hybridized carbons (Fsp3) is 0.350. The van der Waals surface area contributed by atoms with E-state index in [-0.39, 0.29) is 6.04 Å². The van der Waals surface area contributed by atoms with Crippen LogP contribution in [0.15, 0.2) is 53.0 Å². The highest BCUT2D eigenvalue weighted by Gasteiger charge is 2.36. The first-order chi connectivity index (χ1) is 11.6. The monoisotopic (exact) mass is 387 g/mol. The minimum absolute atomic E-state index is 0.0305. The third kappa shape index (κ3) is 3.55. The molecule has 24 heavy (non-hydrogen) atoms. The second kappa shape index (κ2) is 7.49. The first-order valence-electron chi connectivity index (χ1n) is 8.43. The van der Waals surface area contributed by atoms with Gasteiger partial charge in [0.05, 0.1) is 6.04 Å². The van der Waals surface area contributed by atoms with Crippen LogP contribution in [0.1, 0.15) is 42.5 Å². The largest absolute Gasteiger partial charge is 0.480 e. The van der Waals surface area contributed by atoms with Crippen LogP contribution in [0, 0.1) is 0 Å². The number of carboxylic acid groups (broad SMARTS) is 1. The molecule has 0 radical (unpaired) electrons. The average molecular weight is 388 g/mol. The highest BCUT2D eigenvalue weighted by molar-refractivity contribution is 9.10. The van der Waals surface area contributed by atoms with E-state index >= 15 is 0 Å². The Kier molecular flexibility index (Phi) is 5.36. The molecule has 0 amide bonds. The summed E-state index contributed by atoms with van der Waals surface area (Å²) < 4.78 is 1.02. The predicted octanol–water partition coefficient (Wildman–Crippen LogP) is 4.65. The summed E-state index contributed by atoms with van der Waals surface area (Å²) in [4.78, 5) is 13.8. The van der Waals surface area contributed by atoms with Gasteiger partial charge in [-0.25, -0.2) is 0 Å². The van der Waals surface area contributed by atoms with Gasteiger partial charge in [-0.3, -0.25) is 9.69 Å². The number of carboxylic acids is 1. The molecule has 2 aromatic carbocycles. The molecule has 3 rings (SSSR count). The molecule has 126 valence electrons. The molecule has 1 aliphatic heterocycles. The van der Waals surface area contributed by atoms with Crippen molar-refractivity contribution in [3.8, 4) is 0 Å². The van der Waals surface area contributed by atoms with Crippen LogP contribution in [0.25, 0.3) is 0 Å². The van der Waals surface area contributed by atoms with E-state index in [2.05, 4.69) is 64.2 Å². The minimum atomic E-state index is -0.724. The van der Waals surface area contributed by atoms with Crippen molar-refractivity contribution < 1.29 is 9.90 Å². The molecule has 3 nitrogen and oxygen atoms in total. The number of hydrogen-bond acceptors (Lipinski definition) is 2. The van der Waals surface area contributed by atoms with Crippen LogP contribution >= 0.6 is 15.9 Å². The fourth-order valence-electron chi connectivity index (χ4n) is 3.55. The molecule has 1 fully saturated rings. The maximum absolute atomic E-state index is 11.7. The zero-order valence-electron chi connectivity index (χ0n) is 13.8. The third-order valence-corrected chi connectivity index (χ3v) is 5.27. The normalized spacial score (nSPS) is 19.3. The van der Waals surface area contributed by atoms with Crippen LogP contribution < -0.4 is 0 Å². The summed E-state index contributed by atoms with van der Waals surface area (Å²) in [5.41, 5.74) is 3.57. The third-order valence-electron chi connectivity index (χ3n) is 4.78. The van der Waals surface area contributed by atoms with Gasteiger partial charge in [-0.2, -0.15) is 0 Å². The number of benzene rings is 2. The van der Waals surface area contributed by atoms with E-state index in [1.807, 2.05) is 12.1 Å². The Hall–Kier alpha value is -1.65. The van der Waals surface area contributed by atoms with Gasteiger partial charge in [-0.05, 0) is 48.1 Å². The number of carbonyl (C=O) groups is 1. The Morgan fingerprint density at radius 2 is 2.00 bits per heavy atom. The first kappa shape index (κ1) is 17.2. The number of halogens is 1. The molecule has 4 heteroatoms. The summed E-state index contributed by atoms with van der Waals surface area (Å²) in [5, 5.41) is 9.61. The van der Waals surface area contributed by atoms with Crippen molar-refractivity contribution >= 4 is 21.9 Å². The van der Waals surface area contributed by atoms with Crippen LogP contribution in [0.3, 0.4) is 0 Å². The van der Waals surface area contributed by atoms with Gasteiger partial charge in [0.25, 0.3) is 0 Å². The summed E-state index contributed by atoms with van der Waals surface area (Å²) in [6.07, 6.45) is 2.64. The van der Waals surface area contributed by atoms with E-state index in [0.29, 0.717) is 6.42 Å². The number of nitrogens with zero attached hydrogens (tertiary/aromatic N) is 1. The summed E-state index contributed by atoms with van der Waals surface area (Å²) in [5.74, 6) is -0.724. The number of hydrogen-bond donors (Lipinski definition) is 1. The molecule has 1 saturated heterocycles. The Morgan fingerprint density at radius 1 is 1.25 bits per heavy atom. The Morgan fingerprint density at radius 3 is 2.62 bits per heavy atom. The lowest BCUT2D eigenvalue weighted by Crippen LogP contribution is -2.39. The lowest BCUT2D eigenvalue weighted by molar-refractivity contribution is -0.142. The van der Waals surface area contributed by atoms with E-state index in [0.717, 1.165) is 35.0 Å². The quantitative estimate of drug-likeness (QED) is 0.811. The summed E-state index contributed by atoms with van der Waals surface area (Å²) in [6.45, 7) is 2.95. The van der Waals surface area contributed by atoms with Crippen molar-refractivity contribution in [3.63, 3.8) is 0 Å². The van der Waals surface area contributed by atoms with Crippen molar-refractivity contribution in [1.29, 1.82) is 0 Å². The van der Waals surface area contributed by atoms with Gasteiger partial charge < -0.3 is 5.11 Å². The number of likely N-dealkylation sites (tertiary alicyclic amines) is 1. The summed E-state index contributed by atoms with van der Waals surface area (Å²) in [6, 6.07) is 16.3. The van der Waals surface area contributed by atoms with Gasteiger partial charge in [-0.1, -0.05) is 59.3 Å². The Bertz CT molecular complexity index is 714. The highest BCUT2D eigenvalue weighted by atomic mass is 79.9. The molecule has 1 aliphatic rings. The Balaban J connectivity index is 2.04. The maximum atomic E-state index is 11.7. The molecule has 2 aromatic rings. The van der Waals surface area contributed by atoms with Crippen molar-refractivity contribution in [2.45, 2.75) is 38.3 Å². The van der Waals surface area contributed by atoms with E-state index in [4.69, 9.17) is 0 Å². The zero-order chi connectivity index (χ0) is 17.1.